The van der Waals surface area contributed by atoms with Crippen LogP contribution in [0.1, 0.15) is 56.3 Å². The summed E-state index contributed by atoms with van der Waals surface area (Å²) in [7, 11) is 0. The molecular weight excluding hydrogens is 406 g/mol. The average molecular weight is 438 g/mol. The topological polar surface area (TPSA) is 76.1 Å². The third-order valence-electron chi connectivity index (χ3n) is 5.53. The maximum absolute atomic E-state index is 13.1. The van der Waals surface area contributed by atoms with E-state index in [1.165, 1.54) is 0 Å². The molecule has 1 aliphatic rings. The minimum atomic E-state index is -0.672. The molecule has 3 rings (SSSR count). The molecule has 1 fully saturated rings. The van der Waals surface area contributed by atoms with Gasteiger partial charge in [-0.05, 0) is 68.7 Å². The molecule has 0 spiro atoms. The maximum Gasteiger partial charge on any atom is 0.295 e. The van der Waals surface area contributed by atoms with E-state index in [1.807, 2.05) is 52.0 Å². The molecule has 6 heteroatoms. The Morgan fingerprint density at radius 2 is 1.78 bits per heavy atom. The molecule has 0 aliphatic carbocycles. The summed E-state index contributed by atoms with van der Waals surface area (Å²) in [4.78, 5) is 27.6. The van der Waals surface area contributed by atoms with Crippen LogP contribution in [0.4, 0.5) is 0 Å². The Morgan fingerprint density at radius 1 is 1.03 bits per heavy atom. The van der Waals surface area contributed by atoms with Gasteiger partial charge in [0.25, 0.3) is 11.7 Å². The molecule has 170 valence electrons. The van der Waals surface area contributed by atoms with E-state index in [-0.39, 0.29) is 11.3 Å². The predicted octanol–water partition coefficient (Wildman–Crippen LogP) is 5.01. The molecule has 0 radical (unpaired) electrons. The zero-order valence-corrected chi connectivity index (χ0v) is 19.2. The number of ketones is 1. The van der Waals surface area contributed by atoms with Gasteiger partial charge in [0.15, 0.2) is 0 Å². The Morgan fingerprint density at radius 3 is 2.44 bits per heavy atom. The highest BCUT2D eigenvalue weighted by atomic mass is 16.5. The van der Waals surface area contributed by atoms with E-state index in [2.05, 4.69) is 0 Å². The van der Waals surface area contributed by atoms with Crippen molar-refractivity contribution in [2.75, 3.05) is 19.8 Å². The molecule has 0 bridgehead atoms. The van der Waals surface area contributed by atoms with Gasteiger partial charge in [-0.3, -0.25) is 9.59 Å². The summed E-state index contributed by atoms with van der Waals surface area (Å²) in [5, 5.41) is 11.2. The van der Waals surface area contributed by atoms with Crippen molar-refractivity contribution in [1.82, 2.24) is 4.90 Å². The van der Waals surface area contributed by atoms with Gasteiger partial charge >= 0.3 is 0 Å². The largest absolute Gasteiger partial charge is 0.507 e. The summed E-state index contributed by atoms with van der Waals surface area (Å²) in [5.41, 5.74) is 2.15. The summed E-state index contributed by atoms with van der Waals surface area (Å²) in [6.07, 6.45) is 1.64. The Hall–Kier alpha value is -3.28. The second-order valence-electron chi connectivity index (χ2n) is 7.76. The molecule has 1 N–H and O–H groups in total. The third-order valence-corrected chi connectivity index (χ3v) is 5.53. The van der Waals surface area contributed by atoms with Crippen molar-refractivity contribution in [3.05, 3.63) is 64.7 Å². The molecule has 0 aromatic heterocycles. The maximum atomic E-state index is 13.1. The lowest BCUT2D eigenvalue weighted by Crippen LogP contribution is -2.30. The van der Waals surface area contributed by atoms with Crippen LogP contribution in [-0.2, 0) is 9.59 Å². The SMILES string of the molecule is CCCCN1C(=O)C(=O)/C(=C(/O)c2ccc(OCC)c(C)c2)C1c1cccc(OCC)c1. The first-order valence-electron chi connectivity index (χ1n) is 11.2. The van der Waals surface area contributed by atoms with Crippen molar-refractivity contribution in [3.8, 4) is 11.5 Å². The van der Waals surface area contributed by atoms with Gasteiger partial charge in [-0.2, -0.15) is 0 Å². The Balaban J connectivity index is 2.14. The van der Waals surface area contributed by atoms with Crippen LogP contribution in [0.25, 0.3) is 5.76 Å². The van der Waals surface area contributed by atoms with Crippen LogP contribution in [0.2, 0.25) is 0 Å². The van der Waals surface area contributed by atoms with E-state index in [4.69, 9.17) is 9.47 Å². The number of carbonyl (C=O) groups is 2. The predicted molar refractivity (Wildman–Crippen MR) is 124 cm³/mol. The van der Waals surface area contributed by atoms with Crippen molar-refractivity contribution >= 4 is 17.4 Å². The highest BCUT2D eigenvalue weighted by Gasteiger charge is 2.45. The van der Waals surface area contributed by atoms with Gasteiger partial charge in [0.1, 0.15) is 17.3 Å². The van der Waals surface area contributed by atoms with Gasteiger partial charge in [-0.15, -0.1) is 0 Å². The van der Waals surface area contributed by atoms with Gasteiger partial charge in [0, 0.05) is 12.1 Å². The second kappa shape index (κ2) is 10.4. The molecule has 1 amide bonds. The first-order valence-corrected chi connectivity index (χ1v) is 11.2. The van der Waals surface area contributed by atoms with Gasteiger partial charge < -0.3 is 19.5 Å². The number of rotatable bonds is 9. The van der Waals surface area contributed by atoms with Crippen LogP contribution in [0, 0.1) is 6.92 Å². The molecule has 1 unspecified atom stereocenters. The van der Waals surface area contributed by atoms with Crippen LogP contribution in [0.15, 0.2) is 48.0 Å². The normalized spacial score (nSPS) is 17.6. The molecule has 2 aromatic rings. The fourth-order valence-electron chi connectivity index (χ4n) is 4.00. The molecular formula is C26H31NO5. The van der Waals surface area contributed by atoms with E-state index >= 15 is 0 Å². The minimum absolute atomic E-state index is 0.100. The highest BCUT2D eigenvalue weighted by Crippen LogP contribution is 2.40. The van der Waals surface area contributed by atoms with Crippen LogP contribution < -0.4 is 9.47 Å². The van der Waals surface area contributed by atoms with Crippen molar-refractivity contribution in [3.63, 3.8) is 0 Å². The molecule has 2 aromatic carbocycles. The zero-order chi connectivity index (χ0) is 23.3. The summed E-state index contributed by atoms with van der Waals surface area (Å²) >= 11 is 0. The Labute approximate surface area is 189 Å². The first-order chi connectivity index (χ1) is 15.4. The summed E-state index contributed by atoms with van der Waals surface area (Å²) < 4.78 is 11.2. The number of amides is 1. The number of ether oxygens (including phenoxy) is 2. The molecule has 1 heterocycles. The van der Waals surface area contributed by atoms with Gasteiger partial charge in [-0.1, -0.05) is 25.5 Å². The summed E-state index contributed by atoms with van der Waals surface area (Å²) in [5.74, 6) is -0.0665. The number of unbranched alkanes of at least 4 members (excludes halogenated alkanes) is 1. The Kier molecular flexibility index (Phi) is 7.57. The van der Waals surface area contributed by atoms with E-state index in [9.17, 15) is 14.7 Å². The third kappa shape index (κ3) is 4.64. The molecule has 32 heavy (non-hydrogen) atoms. The first kappa shape index (κ1) is 23.4. The van der Waals surface area contributed by atoms with Gasteiger partial charge in [-0.25, -0.2) is 0 Å². The van der Waals surface area contributed by atoms with Crippen molar-refractivity contribution < 1.29 is 24.2 Å². The minimum Gasteiger partial charge on any atom is -0.507 e. The van der Waals surface area contributed by atoms with Crippen LogP contribution in [-0.4, -0.2) is 41.5 Å². The smallest absolute Gasteiger partial charge is 0.295 e. The van der Waals surface area contributed by atoms with Crippen molar-refractivity contribution in [2.45, 2.75) is 46.6 Å². The number of hydrogen-bond acceptors (Lipinski definition) is 5. The summed E-state index contributed by atoms with van der Waals surface area (Å²) in [6.45, 7) is 9.18. The molecule has 1 saturated heterocycles. The lowest BCUT2D eigenvalue weighted by Gasteiger charge is -2.25. The molecule has 1 atom stereocenters. The van der Waals surface area contributed by atoms with E-state index in [0.29, 0.717) is 36.8 Å². The number of Topliss-reactive ketones (excluding diaryl/α,β-unsaturated/α-hetero) is 1. The number of aliphatic hydroxyl groups excluding tert-OH is 1. The van der Waals surface area contributed by atoms with Gasteiger partial charge in [0.05, 0.1) is 24.8 Å². The highest BCUT2D eigenvalue weighted by molar-refractivity contribution is 6.46. The number of likely N-dealkylation sites (tertiary alicyclic amines) is 1. The quantitative estimate of drug-likeness (QED) is 0.339. The molecule has 0 saturated carbocycles. The van der Waals surface area contributed by atoms with E-state index in [0.717, 1.165) is 24.0 Å². The number of aliphatic hydroxyl groups is 1. The van der Waals surface area contributed by atoms with E-state index < -0.39 is 17.7 Å². The lowest BCUT2D eigenvalue weighted by atomic mass is 9.94. The fourth-order valence-corrected chi connectivity index (χ4v) is 4.00. The number of nitrogens with zero attached hydrogens (tertiary/aromatic N) is 1. The molecule has 1 aliphatic heterocycles. The zero-order valence-electron chi connectivity index (χ0n) is 19.2. The van der Waals surface area contributed by atoms with Crippen molar-refractivity contribution in [2.24, 2.45) is 0 Å². The number of hydrogen-bond donors (Lipinski definition) is 1. The fraction of sp³-hybridized carbons (Fsp3) is 0.385. The second-order valence-corrected chi connectivity index (χ2v) is 7.76. The van der Waals surface area contributed by atoms with E-state index in [1.54, 1.807) is 23.1 Å². The number of benzene rings is 2. The standard InChI is InChI=1S/C26H31NO5/c1-5-8-14-27-23(18-10-9-11-20(16-18)31-6-2)22(25(29)26(27)30)24(28)19-12-13-21(32-7-3)17(4)15-19/h9-13,15-16,23,28H,5-8,14H2,1-4H3/b24-22+. The van der Waals surface area contributed by atoms with Crippen LogP contribution in [0.3, 0.4) is 0 Å². The van der Waals surface area contributed by atoms with Crippen LogP contribution in [0.5, 0.6) is 11.5 Å². The van der Waals surface area contributed by atoms with Gasteiger partial charge in [0.2, 0.25) is 0 Å². The number of carbonyl (C=O) groups excluding carboxylic acids is 2. The van der Waals surface area contributed by atoms with Crippen LogP contribution >= 0.6 is 0 Å². The Bertz CT molecular complexity index is 1030. The summed E-state index contributed by atoms with van der Waals surface area (Å²) in [6, 6.07) is 11.9. The molecule has 6 nitrogen and oxygen atoms in total. The number of aryl methyl sites for hydroxylation is 1. The van der Waals surface area contributed by atoms with Crippen molar-refractivity contribution in [1.29, 1.82) is 0 Å². The lowest BCUT2D eigenvalue weighted by molar-refractivity contribution is -0.139. The monoisotopic (exact) mass is 437 g/mol. The average Bonchev–Trinajstić information content (AvgIpc) is 3.04.